The lowest BCUT2D eigenvalue weighted by Gasteiger charge is -2.30. The van der Waals surface area contributed by atoms with Crippen molar-refractivity contribution >= 4 is 0 Å². The van der Waals surface area contributed by atoms with Gasteiger partial charge in [0.15, 0.2) is 0 Å². The van der Waals surface area contributed by atoms with E-state index in [0.29, 0.717) is 0 Å². The quantitative estimate of drug-likeness (QED) is 0.249. The second kappa shape index (κ2) is 11.7. The third-order valence-corrected chi connectivity index (χ3v) is 7.81. The van der Waals surface area contributed by atoms with Gasteiger partial charge in [0.2, 0.25) is 0 Å². The highest BCUT2D eigenvalue weighted by atomic mass is 16.3. The van der Waals surface area contributed by atoms with Gasteiger partial charge in [-0.15, -0.1) is 0 Å². The lowest BCUT2D eigenvalue weighted by atomic mass is 9.82. The zero-order chi connectivity index (χ0) is 25.5. The fraction of sp³-hybridized carbons (Fsp3) is 0.364. The molecule has 1 N–H and O–H groups in total. The zero-order valence-corrected chi connectivity index (χ0v) is 22.3. The number of aryl methyl sites for hydroxylation is 5. The molecule has 0 fully saturated rings. The first-order valence-corrected chi connectivity index (χ1v) is 13.2. The topological polar surface area (TPSA) is 38.1 Å². The van der Waals surface area contributed by atoms with Crippen LogP contribution in [0, 0.1) is 27.7 Å². The molecule has 0 saturated heterocycles. The highest BCUT2D eigenvalue weighted by molar-refractivity contribution is 5.35. The van der Waals surface area contributed by atoms with Crippen LogP contribution in [-0.4, -0.2) is 20.3 Å². The summed E-state index contributed by atoms with van der Waals surface area (Å²) in [5, 5.41) is 12.0. The Kier molecular flexibility index (Phi) is 8.43. The Balaban J connectivity index is 1.51. The van der Waals surface area contributed by atoms with Crippen molar-refractivity contribution in [2.24, 2.45) is 0 Å². The van der Waals surface area contributed by atoms with E-state index in [4.69, 9.17) is 0 Å². The number of benzene rings is 3. The van der Waals surface area contributed by atoms with E-state index in [1.807, 2.05) is 18.6 Å². The van der Waals surface area contributed by atoms with Crippen molar-refractivity contribution in [2.75, 3.05) is 0 Å². The van der Waals surface area contributed by atoms with Crippen LogP contribution in [-0.2, 0) is 25.8 Å². The minimum absolute atomic E-state index is 0.726. The molecule has 0 aliphatic carbocycles. The average molecular weight is 481 g/mol. The maximum absolute atomic E-state index is 12.0. The molecule has 4 aromatic rings. The Morgan fingerprint density at radius 3 is 1.69 bits per heavy atom. The molecule has 1 aromatic heterocycles. The Morgan fingerprint density at radius 1 is 0.667 bits per heavy atom. The van der Waals surface area contributed by atoms with Gasteiger partial charge in [-0.3, -0.25) is 0 Å². The highest BCUT2D eigenvalue weighted by Gasteiger charge is 2.28. The summed E-state index contributed by atoms with van der Waals surface area (Å²) in [6, 6.07) is 23.5. The molecule has 0 aliphatic rings. The number of aliphatic hydroxyl groups is 1. The lowest BCUT2D eigenvalue weighted by molar-refractivity contribution is 0.0146. The minimum Gasteiger partial charge on any atom is -0.390 e. The van der Waals surface area contributed by atoms with Crippen molar-refractivity contribution in [1.29, 1.82) is 0 Å². The first-order chi connectivity index (χ1) is 17.3. The zero-order valence-electron chi connectivity index (χ0n) is 22.3. The molecule has 3 heteroatoms. The van der Waals surface area contributed by atoms with Crippen LogP contribution >= 0.6 is 0 Å². The van der Waals surface area contributed by atoms with E-state index in [2.05, 4.69) is 97.9 Å². The molecule has 0 bridgehead atoms. The van der Waals surface area contributed by atoms with Crippen LogP contribution in [0.3, 0.4) is 0 Å². The number of nitrogens with zero attached hydrogens (tertiary/aromatic N) is 2. The second-order valence-electron chi connectivity index (χ2n) is 10.5. The maximum Gasteiger partial charge on any atom is 0.0951 e. The molecule has 36 heavy (non-hydrogen) atoms. The van der Waals surface area contributed by atoms with Gasteiger partial charge in [0, 0.05) is 18.4 Å². The number of rotatable bonds is 11. The van der Waals surface area contributed by atoms with Gasteiger partial charge in [0.1, 0.15) is 0 Å². The summed E-state index contributed by atoms with van der Waals surface area (Å²) in [5.74, 6) is 0. The molecule has 0 aliphatic heterocycles. The molecular weight excluding hydrogens is 440 g/mol. The second-order valence-corrected chi connectivity index (χ2v) is 10.5. The normalized spacial score (nSPS) is 11.7. The summed E-state index contributed by atoms with van der Waals surface area (Å²) >= 11 is 0. The van der Waals surface area contributed by atoms with Gasteiger partial charge < -0.3 is 9.67 Å². The molecular formula is C33H40N2O. The van der Waals surface area contributed by atoms with Crippen molar-refractivity contribution in [1.82, 2.24) is 9.55 Å². The van der Waals surface area contributed by atoms with Crippen molar-refractivity contribution in [3.63, 3.8) is 0 Å². The standard InChI is InChI=1S/C33H40N2O/c1-25-10-8-11-26(2)31(25)17-20-33(36,21-18-32-27(3)12-9-13-28(32)4)19-16-30-22-34-24-35(30)23-29-14-6-5-7-15-29/h5-15,22,24,36H,16-21,23H2,1-4H3. The molecule has 188 valence electrons. The summed E-state index contributed by atoms with van der Waals surface area (Å²) in [5.41, 5.74) is 9.69. The van der Waals surface area contributed by atoms with Crippen molar-refractivity contribution < 1.29 is 5.11 Å². The molecule has 4 rings (SSSR count). The van der Waals surface area contributed by atoms with Crippen LogP contribution in [0.25, 0.3) is 0 Å². The fourth-order valence-corrected chi connectivity index (χ4v) is 5.42. The first-order valence-electron chi connectivity index (χ1n) is 13.2. The summed E-state index contributed by atoms with van der Waals surface area (Å²) in [4.78, 5) is 4.43. The summed E-state index contributed by atoms with van der Waals surface area (Å²) < 4.78 is 2.22. The van der Waals surface area contributed by atoms with Crippen LogP contribution in [0.2, 0.25) is 0 Å². The fourth-order valence-electron chi connectivity index (χ4n) is 5.42. The minimum atomic E-state index is -0.745. The smallest absolute Gasteiger partial charge is 0.0951 e. The average Bonchev–Trinajstić information content (AvgIpc) is 3.30. The molecule has 1 heterocycles. The molecule has 3 aromatic carbocycles. The van der Waals surface area contributed by atoms with E-state index in [0.717, 1.165) is 45.1 Å². The van der Waals surface area contributed by atoms with Crippen molar-refractivity contribution in [3.05, 3.63) is 124 Å². The van der Waals surface area contributed by atoms with Gasteiger partial charge in [0.25, 0.3) is 0 Å². The van der Waals surface area contributed by atoms with E-state index in [-0.39, 0.29) is 0 Å². The molecule has 0 amide bonds. The summed E-state index contributed by atoms with van der Waals surface area (Å²) in [6.07, 6.45) is 8.71. The first kappa shape index (κ1) is 25.9. The Morgan fingerprint density at radius 2 is 1.17 bits per heavy atom. The van der Waals surface area contributed by atoms with E-state index in [1.165, 1.54) is 44.6 Å². The molecule has 0 spiro atoms. The maximum atomic E-state index is 12.0. The van der Waals surface area contributed by atoms with E-state index < -0.39 is 5.60 Å². The number of hydrogen-bond acceptors (Lipinski definition) is 2. The predicted octanol–water partition coefficient (Wildman–Crippen LogP) is 7.09. The molecule has 0 unspecified atom stereocenters. The SMILES string of the molecule is Cc1cccc(C)c1CCC(O)(CCc1c(C)cccc1C)CCc1cncn1Cc1ccccc1. The van der Waals surface area contributed by atoms with Gasteiger partial charge in [-0.1, -0.05) is 66.7 Å². The number of hydrogen-bond donors (Lipinski definition) is 1. The molecule has 3 nitrogen and oxygen atoms in total. The van der Waals surface area contributed by atoms with Crippen LogP contribution in [0.15, 0.2) is 79.3 Å². The van der Waals surface area contributed by atoms with Crippen molar-refractivity contribution in [2.45, 2.75) is 78.4 Å². The predicted molar refractivity (Wildman–Crippen MR) is 150 cm³/mol. The van der Waals surface area contributed by atoms with E-state index in [1.54, 1.807) is 0 Å². The summed E-state index contributed by atoms with van der Waals surface area (Å²) in [7, 11) is 0. The Hall–Kier alpha value is -3.17. The van der Waals surface area contributed by atoms with Crippen molar-refractivity contribution in [3.8, 4) is 0 Å². The summed E-state index contributed by atoms with van der Waals surface area (Å²) in [6.45, 7) is 9.53. The Bertz CT molecular complexity index is 1180. The lowest BCUT2D eigenvalue weighted by Crippen LogP contribution is -2.31. The molecule has 0 atom stereocenters. The number of imidazole rings is 1. The monoisotopic (exact) mass is 480 g/mol. The molecule has 0 saturated carbocycles. The van der Waals surface area contributed by atoms with Crippen LogP contribution in [0.5, 0.6) is 0 Å². The molecule has 0 radical (unpaired) electrons. The van der Waals surface area contributed by atoms with E-state index in [9.17, 15) is 5.11 Å². The van der Waals surface area contributed by atoms with Gasteiger partial charge >= 0.3 is 0 Å². The number of aromatic nitrogens is 2. The van der Waals surface area contributed by atoms with Crippen LogP contribution in [0.4, 0.5) is 0 Å². The third kappa shape index (κ3) is 6.53. The van der Waals surface area contributed by atoms with Crippen LogP contribution in [0.1, 0.15) is 63.9 Å². The third-order valence-electron chi connectivity index (χ3n) is 7.81. The Labute approximate surface area is 216 Å². The van der Waals surface area contributed by atoms with Gasteiger partial charge in [-0.25, -0.2) is 4.98 Å². The van der Waals surface area contributed by atoms with Gasteiger partial charge in [-0.2, -0.15) is 0 Å². The van der Waals surface area contributed by atoms with Gasteiger partial charge in [0.05, 0.1) is 11.9 Å². The van der Waals surface area contributed by atoms with Gasteiger partial charge in [-0.05, 0) is 105 Å². The highest BCUT2D eigenvalue weighted by Crippen LogP contribution is 2.29. The largest absolute Gasteiger partial charge is 0.390 e. The van der Waals surface area contributed by atoms with Crippen LogP contribution < -0.4 is 0 Å². The van der Waals surface area contributed by atoms with E-state index >= 15 is 0 Å².